The van der Waals surface area contributed by atoms with Crippen LogP contribution in [0.25, 0.3) is 0 Å². The van der Waals surface area contributed by atoms with E-state index < -0.39 is 0 Å². The van der Waals surface area contributed by atoms with Crippen LogP contribution in [0.2, 0.25) is 0 Å². The topological polar surface area (TPSA) is 40.6 Å². The van der Waals surface area contributed by atoms with E-state index in [9.17, 15) is 0 Å². The molecule has 0 bridgehead atoms. The van der Waals surface area contributed by atoms with E-state index in [-0.39, 0.29) is 11.1 Å². The molecule has 1 saturated heterocycles. The highest BCUT2D eigenvalue weighted by Crippen LogP contribution is 2.18. The number of ether oxygens (including phenoxy) is 1. The van der Waals surface area contributed by atoms with Crippen LogP contribution in [0.1, 0.15) is 41.5 Å². The number of aromatic nitrogens is 1. The summed E-state index contributed by atoms with van der Waals surface area (Å²) in [6.07, 6.45) is 1.93. The summed E-state index contributed by atoms with van der Waals surface area (Å²) in [6, 6.07) is 4.24. The smallest absolute Gasteiger partial charge is 0.128 e. The lowest BCUT2D eigenvalue weighted by Crippen LogP contribution is -2.47. The number of hydrogen-bond donors (Lipinski definition) is 1. The summed E-state index contributed by atoms with van der Waals surface area (Å²) in [4.78, 5) is 9.46. The fourth-order valence-corrected chi connectivity index (χ4v) is 2.76. The molecule has 1 aliphatic rings. The molecule has 0 unspecified atom stereocenters. The molecule has 1 aromatic rings. The highest BCUT2D eigenvalue weighted by Gasteiger charge is 2.19. The van der Waals surface area contributed by atoms with E-state index in [1.54, 1.807) is 0 Å². The highest BCUT2D eigenvalue weighted by molar-refractivity contribution is 5.49. The van der Waals surface area contributed by atoms with Crippen LogP contribution in [-0.2, 0) is 4.74 Å². The lowest BCUT2D eigenvalue weighted by atomic mass is 10.1. The van der Waals surface area contributed by atoms with Gasteiger partial charge in [-0.15, -0.1) is 0 Å². The zero-order valence-corrected chi connectivity index (χ0v) is 16.2. The number of rotatable bonds is 5. The van der Waals surface area contributed by atoms with Crippen LogP contribution < -0.4 is 10.2 Å². The zero-order valence-electron chi connectivity index (χ0n) is 16.2. The van der Waals surface area contributed by atoms with Gasteiger partial charge in [-0.05, 0) is 53.7 Å². The average Bonchev–Trinajstić information content (AvgIpc) is 2.46. The maximum absolute atomic E-state index is 5.82. The molecule has 24 heavy (non-hydrogen) atoms. The third-order valence-electron chi connectivity index (χ3n) is 3.91. The van der Waals surface area contributed by atoms with Gasteiger partial charge in [-0.1, -0.05) is 0 Å². The summed E-state index contributed by atoms with van der Waals surface area (Å²) in [5.41, 5.74) is 1.09. The quantitative estimate of drug-likeness (QED) is 0.895. The Morgan fingerprint density at radius 1 is 1.04 bits per heavy atom. The molecule has 5 nitrogen and oxygen atoms in total. The minimum absolute atomic E-state index is 0.0470. The summed E-state index contributed by atoms with van der Waals surface area (Å²) in [5.74, 6) is 1.07. The van der Waals surface area contributed by atoms with Crippen LogP contribution in [0.5, 0.6) is 0 Å². The van der Waals surface area contributed by atoms with E-state index >= 15 is 0 Å². The Kier molecular flexibility index (Phi) is 6.10. The molecule has 0 radical (unpaired) electrons. The van der Waals surface area contributed by atoms with Gasteiger partial charge in [0.2, 0.25) is 0 Å². The second-order valence-electron chi connectivity index (χ2n) is 8.57. The van der Waals surface area contributed by atoms with Crippen LogP contribution in [0.3, 0.4) is 0 Å². The maximum Gasteiger partial charge on any atom is 0.128 e. The van der Waals surface area contributed by atoms with Crippen LogP contribution in [-0.4, -0.2) is 60.4 Å². The van der Waals surface area contributed by atoms with Crippen molar-refractivity contribution in [3.05, 3.63) is 18.3 Å². The van der Waals surface area contributed by atoms with Crippen molar-refractivity contribution in [1.29, 1.82) is 0 Å². The van der Waals surface area contributed by atoms with Crippen LogP contribution in [0.4, 0.5) is 11.5 Å². The van der Waals surface area contributed by atoms with Crippen molar-refractivity contribution < 1.29 is 4.74 Å². The third kappa shape index (κ3) is 6.65. The molecule has 1 aliphatic heterocycles. The van der Waals surface area contributed by atoms with Gasteiger partial charge in [-0.3, -0.25) is 4.90 Å². The second-order valence-corrected chi connectivity index (χ2v) is 8.57. The van der Waals surface area contributed by atoms with Crippen molar-refractivity contribution >= 4 is 11.5 Å². The van der Waals surface area contributed by atoms with Gasteiger partial charge in [0.25, 0.3) is 0 Å². The molecular weight excluding hydrogens is 300 g/mol. The fraction of sp³-hybridized carbons (Fsp3) is 0.737. The normalized spacial score (nSPS) is 17.2. The SMILES string of the molecule is CC(C)(C)Nc1ccc(N2CCN(CCOC(C)(C)C)CC2)nc1. The largest absolute Gasteiger partial charge is 0.379 e. The predicted molar refractivity (Wildman–Crippen MR) is 102 cm³/mol. The van der Waals surface area contributed by atoms with Crippen molar-refractivity contribution in [1.82, 2.24) is 9.88 Å². The fourth-order valence-electron chi connectivity index (χ4n) is 2.76. The van der Waals surface area contributed by atoms with E-state index in [4.69, 9.17) is 4.74 Å². The van der Waals surface area contributed by atoms with Gasteiger partial charge in [0, 0.05) is 38.3 Å². The number of piperazine rings is 1. The average molecular weight is 335 g/mol. The van der Waals surface area contributed by atoms with Gasteiger partial charge in [-0.2, -0.15) is 0 Å². The summed E-state index contributed by atoms with van der Waals surface area (Å²) in [6.45, 7) is 18.8. The molecule has 2 rings (SSSR count). The number of hydrogen-bond acceptors (Lipinski definition) is 5. The van der Waals surface area contributed by atoms with Gasteiger partial charge in [0.15, 0.2) is 0 Å². The van der Waals surface area contributed by atoms with E-state index in [1.165, 1.54) is 0 Å². The second kappa shape index (κ2) is 7.70. The van der Waals surface area contributed by atoms with E-state index in [2.05, 4.69) is 73.8 Å². The molecule has 5 heteroatoms. The summed E-state index contributed by atoms with van der Waals surface area (Å²) < 4.78 is 5.82. The molecule has 1 aromatic heterocycles. The first kappa shape index (κ1) is 19.0. The lowest BCUT2D eigenvalue weighted by molar-refractivity contribution is -0.0135. The number of nitrogens with zero attached hydrogens (tertiary/aromatic N) is 3. The first-order valence-electron chi connectivity index (χ1n) is 8.98. The van der Waals surface area contributed by atoms with Crippen molar-refractivity contribution in [2.24, 2.45) is 0 Å². The molecule has 0 saturated carbocycles. The summed E-state index contributed by atoms with van der Waals surface area (Å²) in [5, 5.41) is 3.45. The Balaban J connectivity index is 1.78. The van der Waals surface area contributed by atoms with E-state index in [0.29, 0.717) is 0 Å². The molecular formula is C19H34N4O. The molecule has 0 atom stereocenters. The van der Waals surface area contributed by atoms with Gasteiger partial charge < -0.3 is 15.0 Å². The number of pyridine rings is 1. The number of nitrogens with one attached hydrogen (secondary N) is 1. The minimum Gasteiger partial charge on any atom is -0.379 e. The highest BCUT2D eigenvalue weighted by atomic mass is 16.5. The third-order valence-corrected chi connectivity index (χ3v) is 3.91. The van der Waals surface area contributed by atoms with Gasteiger partial charge in [-0.25, -0.2) is 4.98 Å². The lowest BCUT2D eigenvalue weighted by Gasteiger charge is -2.36. The molecule has 0 aliphatic carbocycles. The Morgan fingerprint density at radius 3 is 2.21 bits per heavy atom. The summed E-state index contributed by atoms with van der Waals surface area (Å²) in [7, 11) is 0. The predicted octanol–water partition coefficient (Wildman–Crippen LogP) is 3.23. The minimum atomic E-state index is -0.0470. The molecule has 1 fully saturated rings. The summed E-state index contributed by atoms with van der Waals surface area (Å²) >= 11 is 0. The van der Waals surface area contributed by atoms with Crippen molar-refractivity contribution in [2.45, 2.75) is 52.7 Å². The maximum atomic E-state index is 5.82. The van der Waals surface area contributed by atoms with E-state index in [1.807, 2.05) is 6.20 Å². The molecule has 1 N–H and O–H groups in total. The van der Waals surface area contributed by atoms with Crippen molar-refractivity contribution in [2.75, 3.05) is 49.5 Å². The molecule has 0 spiro atoms. The Labute approximate surface area is 147 Å². The Hall–Kier alpha value is -1.33. The molecule has 0 amide bonds. The van der Waals surface area contributed by atoms with Crippen molar-refractivity contribution in [3.8, 4) is 0 Å². The Bertz CT molecular complexity index is 494. The van der Waals surface area contributed by atoms with E-state index in [0.717, 1.165) is 50.8 Å². The first-order chi connectivity index (χ1) is 11.1. The first-order valence-corrected chi connectivity index (χ1v) is 8.98. The van der Waals surface area contributed by atoms with Crippen LogP contribution in [0, 0.1) is 0 Å². The monoisotopic (exact) mass is 334 g/mol. The van der Waals surface area contributed by atoms with Gasteiger partial charge in [0.05, 0.1) is 24.1 Å². The standard InChI is InChI=1S/C19H34N4O/c1-18(2,3)21-16-7-8-17(20-15-16)23-11-9-22(10-12-23)13-14-24-19(4,5)6/h7-8,15,21H,9-14H2,1-6H3. The van der Waals surface area contributed by atoms with Crippen LogP contribution >= 0.6 is 0 Å². The van der Waals surface area contributed by atoms with Crippen LogP contribution in [0.15, 0.2) is 18.3 Å². The number of anilines is 2. The van der Waals surface area contributed by atoms with Gasteiger partial charge >= 0.3 is 0 Å². The molecule has 2 heterocycles. The molecule has 0 aromatic carbocycles. The Morgan fingerprint density at radius 2 is 1.71 bits per heavy atom. The molecule has 136 valence electrons. The van der Waals surface area contributed by atoms with Gasteiger partial charge in [0.1, 0.15) is 5.82 Å². The zero-order chi connectivity index (χ0) is 17.8. The van der Waals surface area contributed by atoms with Crippen molar-refractivity contribution in [3.63, 3.8) is 0 Å².